The molecule has 1 heterocycles. The first-order chi connectivity index (χ1) is 6.11. The second-order valence-corrected chi connectivity index (χ2v) is 4.27. The summed E-state index contributed by atoms with van der Waals surface area (Å²) in [5, 5.41) is 9.70. The van der Waals surface area contributed by atoms with Crippen molar-refractivity contribution in [3.05, 3.63) is 0 Å². The molecular weight excluding hydrogens is 166 g/mol. The van der Waals surface area contributed by atoms with Crippen molar-refractivity contribution in [2.24, 2.45) is 17.1 Å². The van der Waals surface area contributed by atoms with Crippen LogP contribution in [0.25, 0.3) is 0 Å². The fourth-order valence-electron chi connectivity index (χ4n) is 2.04. The molecule has 1 aliphatic heterocycles. The third-order valence-corrected chi connectivity index (χ3v) is 3.55. The van der Waals surface area contributed by atoms with E-state index in [0.29, 0.717) is 12.5 Å². The second kappa shape index (κ2) is 4.40. The number of aliphatic hydroxyl groups excluding tert-OH is 1. The van der Waals surface area contributed by atoms with Gasteiger partial charge in [0.1, 0.15) is 0 Å². The van der Waals surface area contributed by atoms with Gasteiger partial charge < -0.3 is 15.6 Å². The van der Waals surface area contributed by atoms with Gasteiger partial charge in [-0.15, -0.1) is 0 Å². The molecule has 2 atom stereocenters. The molecular formula is C10H21NO2. The Morgan fingerprint density at radius 1 is 1.54 bits per heavy atom. The molecule has 0 radical (unpaired) electrons. The van der Waals surface area contributed by atoms with E-state index in [4.69, 9.17) is 10.5 Å². The van der Waals surface area contributed by atoms with Crippen molar-refractivity contribution < 1.29 is 9.84 Å². The van der Waals surface area contributed by atoms with Crippen molar-refractivity contribution in [3.63, 3.8) is 0 Å². The quantitative estimate of drug-likeness (QED) is 0.686. The molecule has 3 nitrogen and oxygen atoms in total. The standard InChI is InChI=1S/C10H21NO2/c1-8(12)10(2,7-11)9-3-5-13-6-4-9/h8-9,12H,3-7,11H2,1-2H3. The minimum atomic E-state index is -0.333. The van der Waals surface area contributed by atoms with E-state index in [0.717, 1.165) is 26.1 Å². The molecule has 0 spiro atoms. The molecule has 1 saturated heterocycles. The van der Waals surface area contributed by atoms with Gasteiger partial charge in [-0.05, 0) is 25.7 Å². The van der Waals surface area contributed by atoms with Gasteiger partial charge >= 0.3 is 0 Å². The van der Waals surface area contributed by atoms with Gasteiger partial charge in [-0.1, -0.05) is 6.92 Å². The molecule has 0 aromatic rings. The zero-order chi connectivity index (χ0) is 9.90. The number of hydrogen-bond acceptors (Lipinski definition) is 3. The monoisotopic (exact) mass is 187 g/mol. The van der Waals surface area contributed by atoms with Crippen LogP contribution in [0.4, 0.5) is 0 Å². The lowest BCUT2D eigenvalue weighted by Gasteiger charge is -2.41. The van der Waals surface area contributed by atoms with Crippen LogP contribution < -0.4 is 5.73 Å². The van der Waals surface area contributed by atoms with Crippen LogP contribution >= 0.6 is 0 Å². The molecule has 0 bridgehead atoms. The first kappa shape index (κ1) is 11.0. The van der Waals surface area contributed by atoms with Crippen LogP contribution in [-0.2, 0) is 4.74 Å². The Morgan fingerprint density at radius 3 is 2.46 bits per heavy atom. The van der Waals surface area contributed by atoms with Gasteiger partial charge in [0.2, 0.25) is 0 Å². The Bertz CT molecular complexity index is 155. The van der Waals surface area contributed by atoms with E-state index in [9.17, 15) is 5.11 Å². The van der Waals surface area contributed by atoms with Crippen molar-refractivity contribution in [1.29, 1.82) is 0 Å². The summed E-state index contributed by atoms with van der Waals surface area (Å²) in [6, 6.07) is 0. The molecule has 1 aliphatic rings. The van der Waals surface area contributed by atoms with E-state index in [1.54, 1.807) is 0 Å². The molecule has 0 saturated carbocycles. The summed E-state index contributed by atoms with van der Waals surface area (Å²) < 4.78 is 5.30. The Kier molecular flexibility index (Phi) is 3.71. The summed E-state index contributed by atoms with van der Waals surface area (Å²) in [7, 11) is 0. The number of nitrogens with two attached hydrogens (primary N) is 1. The Labute approximate surface area is 80.3 Å². The van der Waals surface area contributed by atoms with Gasteiger partial charge in [-0.2, -0.15) is 0 Å². The highest BCUT2D eigenvalue weighted by molar-refractivity contribution is 4.88. The summed E-state index contributed by atoms with van der Waals surface area (Å²) in [5.41, 5.74) is 5.60. The van der Waals surface area contributed by atoms with Gasteiger partial charge in [-0.25, -0.2) is 0 Å². The van der Waals surface area contributed by atoms with Crippen LogP contribution in [0, 0.1) is 11.3 Å². The maximum Gasteiger partial charge on any atom is 0.0580 e. The maximum atomic E-state index is 9.70. The maximum absolute atomic E-state index is 9.70. The molecule has 78 valence electrons. The van der Waals surface area contributed by atoms with E-state index in [1.807, 2.05) is 6.92 Å². The summed E-state index contributed by atoms with van der Waals surface area (Å²) in [6.45, 7) is 6.09. The molecule has 3 heteroatoms. The normalized spacial score (nSPS) is 26.8. The smallest absolute Gasteiger partial charge is 0.0580 e. The van der Waals surface area contributed by atoms with Gasteiger partial charge in [0.25, 0.3) is 0 Å². The first-order valence-corrected chi connectivity index (χ1v) is 5.07. The van der Waals surface area contributed by atoms with Crippen LogP contribution in [-0.4, -0.2) is 31.0 Å². The first-order valence-electron chi connectivity index (χ1n) is 5.07. The van der Waals surface area contributed by atoms with Crippen LogP contribution in [0.15, 0.2) is 0 Å². The van der Waals surface area contributed by atoms with Gasteiger partial charge in [-0.3, -0.25) is 0 Å². The number of hydrogen-bond donors (Lipinski definition) is 2. The average Bonchev–Trinajstić information content (AvgIpc) is 2.17. The minimum absolute atomic E-state index is 0.135. The average molecular weight is 187 g/mol. The van der Waals surface area contributed by atoms with E-state index < -0.39 is 0 Å². The Morgan fingerprint density at radius 2 is 2.08 bits per heavy atom. The lowest BCUT2D eigenvalue weighted by atomic mass is 9.70. The number of aliphatic hydroxyl groups is 1. The third kappa shape index (κ3) is 2.22. The fraction of sp³-hybridized carbons (Fsp3) is 1.00. The summed E-state index contributed by atoms with van der Waals surface area (Å²) in [4.78, 5) is 0. The number of rotatable bonds is 3. The zero-order valence-corrected chi connectivity index (χ0v) is 8.62. The highest BCUT2D eigenvalue weighted by atomic mass is 16.5. The summed E-state index contributed by atoms with van der Waals surface area (Å²) in [5.74, 6) is 0.506. The van der Waals surface area contributed by atoms with Crippen molar-refractivity contribution in [1.82, 2.24) is 0 Å². The van der Waals surface area contributed by atoms with E-state index in [2.05, 4.69) is 6.92 Å². The summed E-state index contributed by atoms with van der Waals surface area (Å²) >= 11 is 0. The molecule has 0 aromatic heterocycles. The predicted octanol–water partition coefficient (Wildman–Crippen LogP) is 0.759. The van der Waals surface area contributed by atoms with Crippen molar-refractivity contribution in [2.75, 3.05) is 19.8 Å². The second-order valence-electron chi connectivity index (χ2n) is 4.27. The Balaban J connectivity index is 2.62. The molecule has 3 N–H and O–H groups in total. The third-order valence-electron chi connectivity index (χ3n) is 3.55. The van der Waals surface area contributed by atoms with Crippen molar-refractivity contribution >= 4 is 0 Å². The van der Waals surface area contributed by atoms with E-state index in [-0.39, 0.29) is 11.5 Å². The van der Waals surface area contributed by atoms with Crippen molar-refractivity contribution in [2.45, 2.75) is 32.8 Å². The van der Waals surface area contributed by atoms with E-state index in [1.165, 1.54) is 0 Å². The minimum Gasteiger partial charge on any atom is -0.393 e. The lowest BCUT2D eigenvalue weighted by molar-refractivity contribution is -0.0396. The van der Waals surface area contributed by atoms with Gasteiger partial charge in [0.15, 0.2) is 0 Å². The zero-order valence-electron chi connectivity index (χ0n) is 8.62. The molecule has 0 amide bonds. The molecule has 1 fully saturated rings. The van der Waals surface area contributed by atoms with Crippen molar-refractivity contribution in [3.8, 4) is 0 Å². The predicted molar refractivity (Wildman–Crippen MR) is 52.4 cm³/mol. The largest absolute Gasteiger partial charge is 0.393 e. The Hall–Kier alpha value is -0.120. The van der Waals surface area contributed by atoms with Gasteiger partial charge in [0, 0.05) is 25.2 Å². The lowest BCUT2D eigenvalue weighted by Crippen LogP contribution is -2.45. The SMILES string of the molecule is CC(O)C(C)(CN)C1CCOCC1. The van der Waals surface area contributed by atoms with E-state index >= 15 is 0 Å². The summed E-state index contributed by atoms with van der Waals surface area (Å²) in [6.07, 6.45) is 1.72. The molecule has 0 aromatic carbocycles. The van der Waals surface area contributed by atoms with Crippen LogP contribution in [0.3, 0.4) is 0 Å². The number of ether oxygens (including phenoxy) is 1. The molecule has 2 unspecified atom stereocenters. The molecule has 13 heavy (non-hydrogen) atoms. The van der Waals surface area contributed by atoms with Gasteiger partial charge in [0.05, 0.1) is 6.10 Å². The molecule has 0 aliphatic carbocycles. The van der Waals surface area contributed by atoms with Crippen LogP contribution in [0.1, 0.15) is 26.7 Å². The highest BCUT2D eigenvalue weighted by Gasteiger charge is 2.37. The highest BCUT2D eigenvalue weighted by Crippen LogP contribution is 2.36. The van der Waals surface area contributed by atoms with Crippen LogP contribution in [0.2, 0.25) is 0 Å². The van der Waals surface area contributed by atoms with Crippen LogP contribution in [0.5, 0.6) is 0 Å². The molecule has 1 rings (SSSR count). The topological polar surface area (TPSA) is 55.5 Å². The fourth-order valence-corrected chi connectivity index (χ4v) is 2.04.